The van der Waals surface area contributed by atoms with E-state index in [0.717, 1.165) is 21.5 Å². The lowest BCUT2D eigenvalue weighted by molar-refractivity contribution is 0.0702. The number of fused-ring (bicyclic) bond motifs is 1. The number of aromatic nitrogens is 1. The third-order valence-electron chi connectivity index (χ3n) is 3.01. The number of rotatable bonds is 4. The molecule has 0 amide bonds. The topological polar surface area (TPSA) is 62.2 Å². The molecule has 0 bridgehead atoms. The predicted molar refractivity (Wildman–Crippen MR) is 85.4 cm³/mol. The fraction of sp³-hybridized carbons (Fsp3) is 0.0667. The molecule has 2 aromatic heterocycles. The molecule has 0 saturated carbocycles. The lowest BCUT2D eigenvalue weighted by atomic mass is 10.2. The molecule has 0 aliphatic carbocycles. The van der Waals surface area contributed by atoms with Gasteiger partial charge in [0.05, 0.1) is 10.5 Å². The van der Waals surface area contributed by atoms with Crippen molar-refractivity contribution in [3.05, 3.63) is 57.4 Å². The van der Waals surface area contributed by atoms with E-state index in [1.54, 1.807) is 12.3 Å². The SMILES string of the molecule is O=C(O)c1ccc(CNc2cc(Cl)c3cccnc3c2)s1. The Balaban J connectivity index is 1.80. The van der Waals surface area contributed by atoms with Gasteiger partial charge >= 0.3 is 5.97 Å². The summed E-state index contributed by atoms with van der Waals surface area (Å²) in [6.45, 7) is 0.548. The molecular formula is C15H11ClN2O2S. The molecule has 0 atom stereocenters. The van der Waals surface area contributed by atoms with Gasteiger partial charge in [-0.05, 0) is 36.4 Å². The van der Waals surface area contributed by atoms with Crippen LogP contribution >= 0.6 is 22.9 Å². The maximum absolute atomic E-state index is 10.8. The second-order valence-electron chi connectivity index (χ2n) is 4.45. The summed E-state index contributed by atoms with van der Waals surface area (Å²) < 4.78 is 0. The second kappa shape index (κ2) is 5.71. The maximum atomic E-state index is 10.8. The van der Waals surface area contributed by atoms with Crippen LogP contribution in [0.2, 0.25) is 5.02 Å². The van der Waals surface area contributed by atoms with E-state index in [0.29, 0.717) is 16.4 Å². The number of carboxylic acid groups (broad SMARTS) is 1. The van der Waals surface area contributed by atoms with Crippen molar-refractivity contribution in [2.24, 2.45) is 0 Å². The summed E-state index contributed by atoms with van der Waals surface area (Å²) in [6.07, 6.45) is 1.72. The summed E-state index contributed by atoms with van der Waals surface area (Å²) in [5.74, 6) is -0.899. The molecule has 106 valence electrons. The molecule has 1 aromatic carbocycles. The second-order valence-corrected chi connectivity index (χ2v) is 6.03. The molecule has 21 heavy (non-hydrogen) atoms. The Morgan fingerprint density at radius 1 is 1.33 bits per heavy atom. The van der Waals surface area contributed by atoms with Gasteiger partial charge in [0.25, 0.3) is 0 Å². The summed E-state index contributed by atoms with van der Waals surface area (Å²) >= 11 is 7.49. The smallest absolute Gasteiger partial charge is 0.345 e. The standard InChI is InChI=1S/C15H11ClN2O2S/c16-12-6-9(7-13-11(12)2-1-5-17-13)18-8-10-3-4-14(21-10)15(19)20/h1-7,18H,8H2,(H,19,20). The first-order chi connectivity index (χ1) is 10.1. The van der Waals surface area contributed by atoms with E-state index >= 15 is 0 Å². The van der Waals surface area contributed by atoms with E-state index in [2.05, 4.69) is 10.3 Å². The average molecular weight is 319 g/mol. The van der Waals surface area contributed by atoms with Crippen LogP contribution in [-0.2, 0) is 6.54 Å². The number of anilines is 1. The summed E-state index contributed by atoms with van der Waals surface area (Å²) in [4.78, 5) is 16.4. The normalized spacial score (nSPS) is 10.7. The van der Waals surface area contributed by atoms with Crippen molar-refractivity contribution >= 4 is 45.5 Å². The largest absolute Gasteiger partial charge is 0.477 e. The van der Waals surface area contributed by atoms with Gasteiger partial charge in [-0.25, -0.2) is 4.79 Å². The molecule has 3 rings (SSSR count). The van der Waals surface area contributed by atoms with E-state index in [1.807, 2.05) is 30.3 Å². The van der Waals surface area contributed by atoms with Gasteiger partial charge in [-0.3, -0.25) is 4.98 Å². The van der Waals surface area contributed by atoms with Crippen LogP contribution in [0.3, 0.4) is 0 Å². The number of benzene rings is 1. The Labute approximate surface area is 130 Å². The highest BCUT2D eigenvalue weighted by Gasteiger charge is 2.07. The van der Waals surface area contributed by atoms with Crippen LogP contribution < -0.4 is 5.32 Å². The van der Waals surface area contributed by atoms with Crippen LogP contribution in [-0.4, -0.2) is 16.1 Å². The van der Waals surface area contributed by atoms with Crippen LogP contribution in [0.4, 0.5) is 5.69 Å². The van der Waals surface area contributed by atoms with Gasteiger partial charge in [0, 0.05) is 28.7 Å². The van der Waals surface area contributed by atoms with Crippen molar-refractivity contribution in [2.75, 3.05) is 5.32 Å². The zero-order chi connectivity index (χ0) is 14.8. The highest BCUT2D eigenvalue weighted by atomic mass is 35.5. The van der Waals surface area contributed by atoms with Gasteiger partial charge in [0.15, 0.2) is 0 Å². The quantitative estimate of drug-likeness (QED) is 0.754. The number of hydrogen-bond donors (Lipinski definition) is 2. The summed E-state index contributed by atoms with van der Waals surface area (Å²) in [7, 11) is 0. The zero-order valence-electron chi connectivity index (χ0n) is 10.8. The Morgan fingerprint density at radius 2 is 2.19 bits per heavy atom. The molecule has 0 saturated heterocycles. The number of aromatic carboxylic acids is 1. The number of carboxylic acids is 1. The lowest BCUT2D eigenvalue weighted by Gasteiger charge is -2.07. The highest BCUT2D eigenvalue weighted by molar-refractivity contribution is 7.13. The molecule has 0 aliphatic rings. The molecule has 4 nitrogen and oxygen atoms in total. The molecule has 0 fully saturated rings. The van der Waals surface area contributed by atoms with E-state index in [4.69, 9.17) is 16.7 Å². The Hall–Kier alpha value is -2.11. The average Bonchev–Trinajstić information content (AvgIpc) is 2.94. The third kappa shape index (κ3) is 2.99. The third-order valence-corrected chi connectivity index (χ3v) is 4.40. The van der Waals surface area contributed by atoms with Gasteiger partial charge in [-0.2, -0.15) is 0 Å². The molecule has 0 unspecified atom stereocenters. The van der Waals surface area contributed by atoms with Crippen molar-refractivity contribution in [2.45, 2.75) is 6.54 Å². The van der Waals surface area contributed by atoms with E-state index in [1.165, 1.54) is 11.3 Å². The van der Waals surface area contributed by atoms with Crippen molar-refractivity contribution in [1.29, 1.82) is 0 Å². The first-order valence-corrected chi connectivity index (χ1v) is 7.43. The number of nitrogens with zero attached hydrogens (tertiary/aromatic N) is 1. The summed E-state index contributed by atoms with van der Waals surface area (Å²) in [5.41, 5.74) is 1.68. The minimum absolute atomic E-state index is 0.338. The highest BCUT2D eigenvalue weighted by Crippen LogP contribution is 2.27. The summed E-state index contributed by atoms with van der Waals surface area (Å²) in [5, 5.41) is 13.7. The molecule has 6 heteroatoms. The van der Waals surface area contributed by atoms with Gasteiger partial charge < -0.3 is 10.4 Å². The molecule has 2 heterocycles. The molecule has 3 aromatic rings. The number of halogens is 1. The van der Waals surface area contributed by atoms with Gasteiger partial charge in [0.1, 0.15) is 4.88 Å². The first-order valence-electron chi connectivity index (χ1n) is 6.23. The Morgan fingerprint density at radius 3 is 2.95 bits per heavy atom. The Bertz CT molecular complexity index is 816. The fourth-order valence-corrected chi connectivity index (χ4v) is 3.08. The minimum atomic E-state index is -0.899. The number of nitrogens with one attached hydrogen (secondary N) is 1. The predicted octanol–water partition coefficient (Wildman–Crippen LogP) is 4.26. The molecular weight excluding hydrogens is 308 g/mol. The van der Waals surface area contributed by atoms with Crippen molar-refractivity contribution in [3.63, 3.8) is 0 Å². The number of thiophene rings is 1. The zero-order valence-corrected chi connectivity index (χ0v) is 12.4. The number of hydrogen-bond acceptors (Lipinski definition) is 4. The van der Waals surface area contributed by atoms with Crippen LogP contribution in [0.5, 0.6) is 0 Å². The van der Waals surface area contributed by atoms with Crippen molar-refractivity contribution in [3.8, 4) is 0 Å². The molecule has 2 N–H and O–H groups in total. The number of carbonyl (C=O) groups is 1. The molecule has 0 radical (unpaired) electrons. The lowest BCUT2D eigenvalue weighted by Crippen LogP contribution is -1.97. The van der Waals surface area contributed by atoms with E-state index < -0.39 is 5.97 Å². The Kier molecular flexibility index (Phi) is 3.77. The molecule has 0 aliphatic heterocycles. The molecule has 0 spiro atoms. The minimum Gasteiger partial charge on any atom is -0.477 e. The van der Waals surface area contributed by atoms with Crippen molar-refractivity contribution < 1.29 is 9.90 Å². The number of pyridine rings is 1. The van der Waals surface area contributed by atoms with E-state index in [9.17, 15) is 4.79 Å². The van der Waals surface area contributed by atoms with Crippen LogP contribution in [0.1, 0.15) is 14.5 Å². The monoisotopic (exact) mass is 318 g/mol. The van der Waals surface area contributed by atoms with Crippen LogP contribution in [0.15, 0.2) is 42.6 Å². The maximum Gasteiger partial charge on any atom is 0.345 e. The van der Waals surface area contributed by atoms with Gasteiger partial charge in [0.2, 0.25) is 0 Å². The van der Waals surface area contributed by atoms with E-state index in [-0.39, 0.29) is 0 Å². The fourth-order valence-electron chi connectivity index (χ4n) is 2.02. The van der Waals surface area contributed by atoms with Gasteiger partial charge in [-0.1, -0.05) is 11.6 Å². The van der Waals surface area contributed by atoms with Crippen LogP contribution in [0, 0.1) is 0 Å². The van der Waals surface area contributed by atoms with Gasteiger partial charge in [-0.15, -0.1) is 11.3 Å². The van der Waals surface area contributed by atoms with Crippen molar-refractivity contribution in [1.82, 2.24) is 4.98 Å². The first kappa shape index (κ1) is 13.9. The summed E-state index contributed by atoms with van der Waals surface area (Å²) in [6, 6.07) is 11.0. The van der Waals surface area contributed by atoms with Crippen LogP contribution in [0.25, 0.3) is 10.9 Å².